The molecule has 1 aliphatic rings. The van der Waals surface area contributed by atoms with Crippen LogP contribution in [0.25, 0.3) is 0 Å². The van der Waals surface area contributed by atoms with Gasteiger partial charge in [-0.25, -0.2) is 0 Å². The lowest BCUT2D eigenvalue weighted by molar-refractivity contribution is 0.0739. The van der Waals surface area contributed by atoms with Crippen LogP contribution in [-0.4, -0.2) is 67.4 Å². The van der Waals surface area contributed by atoms with E-state index < -0.39 is 0 Å². The van der Waals surface area contributed by atoms with E-state index in [4.69, 9.17) is 4.74 Å². The van der Waals surface area contributed by atoms with Crippen LogP contribution in [0, 0.1) is 0 Å². The summed E-state index contributed by atoms with van der Waals surface area (Å²) in [6, 6.07) is 13.8. The number of anilines is 2. The minimum absolute atomic E-state index is 0.0661. The van der Waals surface area contributed by atoms with Gasteiger partial charge in [0, 0.05) is 45.5 Å². The third-order valence-corrected chi connectivity index (χ3v) is 4.18. The summed E-state index contributed by atoms with van der Waals surface area (Å²) < 4.78 is 4.97. The fourth-order valence-corrected chi connectivity index (χ4v) is 2.79. The maximum Gasteiger partial charge on any atom is 0.274 e. The molecule has 0 aliphatic carbocycles. The van der Waals surface area contributed by atoms with E-state index >= 15 is 0 Å². The molecular formula is C18H23N5O2. The number of nitrogens with one attached hydrogen (secondary N) is 1. The number of benzene rings is 1. The highest BCUT2D eigenvalue weighted by Crippen LogP contribution is 2.16. The smallest absolute Gasteiger partial charge is 0.274 e. The van der Waals surface area contributed by atoms with Crippen molar-refractivity contribution in [2.75, 3.05) is 56.7 Å². The van der Waals surface area contributed by atoms with Crippen molar-refractivity contribution in [3.8, 4) is 0 Å². The molecule has 0 radical (unpaired) electrons. The zero-order chi connectivity index (χ0) is 17.5. The first-order valence-electron chi connectivity index (χ1n) is 8.44. The highest BCUT2D eigenvalue weighted by molar-refractivity contribution is 5.92. The molecule has 1 amide bonds. The average molecular weight is 341 g/mol. The van der Waals surface area contributed by atoms with Gasteiger partial charge in [-0.3, -0.25) is 4.79 Å². The van der Waals surface area contributed by atoms with Gasteiger partial charge in [0.05, 0.1) is 6.61 Å². The number of carbonyl (C=O) groups is 1. The van der Waals surface area contributed by atoms with Crippen LogP contribution in [-0.2, 0) is 4.74 Å². The molecule has 1 N–H and O–H groups in total. The Morgan fingerprint density at radius 3 is 2.48 bits per heavy atom. The Kier molecular flexibility index (Phi) is 5.79. The molecule has 0 spiro atoms. The maximum atomic E-state index is 12.6. The van der Waals surface area contributed by atoms with Crippen molar-refractivity contribution in [1.82, 2.24) is 15.1 Å². The number of hydrogen-bond donors (Lipinski definition) is 1. The summed E-state index contributed by atoms with van der Waals surface area (Å²) in [5.41, 5.74) is 1.58. The molecule has 0 saturated carbocycles. The number of ether oxygens (including phenoxy) is 1. The summed E-state index contributed by atoms with van der Waals surface area (Å²) in [5.74, 6) is 0.575. The SMILES string of the molecule is COCCNc1ccc(C(=O)N2CCN(c3ccccc3)CC2)nn1. The molecule has 1 fully saturated rings. The number of methoxy groups -OCH3 is 1. The van der Waals surface area contributed by atoms with E-state index in [1.54, 1.807) is 19.2 Å². The van der Waals surface area contributed by atoms with E-state index in [1.165, 1.54) is 5.69 Å². The molecule has 1 aliphatic heterocycles. The van der Waals surface area contributed by atoms with Crippen molar-refractivity contribution in [3.05, 3.63) is 48.2 Å². The molecule has 1 aromatic carbocycles. The Morgan fingerprint density at radius 1 is 1.08 bits per heavy atom. The molecule has 0 unspecified atom stereocenters. The lowest BCUT2D eigenvalue weighted by Crippen LogP contribution is -2.49. The van der Waals surface area contributed by atoms with Gasteiger partial charge in [0.25, 0.3) is 5.91 Å². The van der Waals surface area contributed by atoms with Crippen molar-refractivity contribution in [2.24, 2.45) is 0 Å². The second kappa shape index (κ2) is 8.43. The zero-order valence-electron chi connectivity index (χ0n) is 14.4. The van der Waals surface area contributed by atoms with Crippen LogP contribution >= 0.6 is 0 Å². The number of nitrogens with zero attached hydrogens (tertiary/aromatic N) is 4. The van der Waals surface area contributed by atoms with Crippen molar-refractivity contribution in [2.45, 2.75) is 0 Å². The normalized spacial score (nSPS) is 14.4. The molecule has 2 aromatic rings. The summed E-state index contributed by atoms with van der Waals surface area (Å²) in [6.45, 7) is 4.25. The number of aromatic nitrogens is 2. The average Bonchev–Trinajstić information content (AvgIpc) is 2.69. The minimum Gasteiger partial charge on any atom is -0.383 e. The summed E-state index contributed by atoms with van der Waals surface area (Å²) in [7, 11) is 1.65. The molecule has 7 heteroatoms. The third-order valence-electron chi connectivity index (χ3n) is 4.18. The third kappa shape index (κ3) is 4.45. The number of piperazine rings is 1. The first-order chi connectivity index (χ1) is 12.3. The lowest BCUT2D eigenvalue weighted by atomic mass is 10.2. The lowest BCUT2D eigenvalue weighted by Gasteiger charge is -2.35. The molecular weight excluding hydrogens is 318 g/mol. The van der Waals surface area contributed by atoms with E-state index in [9.17, 15) is 4.79 Å². The van der Waals surface area contributed by atoms with Crippen LogP contribution in [0.2, 0.25) is 0 Å². The zero-order valence-corrected chi connectivity index (χ0v) is 14.4. The molecule has 1 saturated heterocycles. The quantitative estimate of drug-likeness (QED) is 0.803. The van der Waals surface area contributed by atoms with Crippen LogP contribution < -0.4 is 10.2 Å². The van der Waals surface area contributed by atoms with Crippen LogP contribution in [0.4, 0.5) is 11.5 Å². The van der Waals surface area contributed by atoms with Crippen molar-refractivity contribution < 1.29 is 9.53 Å². The van der Waals surface area contributed by atoms with E-state index in [1.807, 2.05) is 23.1 Å². The second-order valence-corrected chi connectivity index (χ2v) is 5.84. The van der Waals surface area contributed by atoms with E-state index in [-0.39, 0.29) is 5.91 Å². The van der Waals surface area contributed by atoms with Crippen molar-refractivity contribution in [3.63, 3.8) is 0 Å². The fourth-order valence-electron chi connectivity index (χ4n) is 2.79. The maximum absolute atomic E-state index is 12.6. The number of rotatable bonds is 6. The van der Waals surface area contributed by atoms with Crippen molar-refractivity contribution in [1.29, 1.82) is 0 Å². The number of amides is 1. The first-order valence-corrected chi connectivity index (χ1v) is 8.44. The van der Waals surface area contributed by atoms with E-state index in [0.717, 1.165) is 13.1 Å². The van der Waals surface area contributed by atoms with E-state index in [0.29, 0.717) is 37.8 Å². The predicted molar refractivity (Wildman–Crippen MR) is 97.0 cm³/mol. The molecule has 25 heavy (non-hydrogen) atoms. The first kappa shape index (κ1) is 17.2. The molecule has 0 bridgehead atoms. The minimum atomic E-state index is -0.0661. The number of carbonyl (C=O) groups excluding carboxylic acids is 1. The Morgan fingerprint density at radius 2 is 1.84 bits per heavy atom. The Balaban J connectivity index is 1.53. The standard InChI is InChI=1S/C18H23N5O2/c1-25-14-9-19-17-8-7-16(20-21-17)18(24)23-12-10-22(11-13-23)15-5-3-2-4-6-15/h2-8H,9-14H2,1H3,(H,19,21). The second-order valence-electron chi connectivity index (χ2n) is 5.84. The largest absolute Gasteiger partial charge is 0.383 e. The molecule has 2 heterocycles. The summed E-state index contributed by atoms with van der Waals surface area (Å²) >= 11 is 0. The van der Waals surface area contributed by atoms with Gasteiger partial charge in [-0.15, -0.1) is 10.2 Å². The fraction of sp³-hybridized carbons (Fsp3) is 0.389. The van der Waals surface area contributed by atoms with Crippen LogP contribution in [0.1, 0.15) is 10.5 Å². The van der Waals surface area contributed by atoms with Gasteiger partial charge >= 0.3 is 0 Å². The van der Waals surface area contributed by atoms with Crippen LogP contribution in [0.15, 0.2) is 42.5 Å². The van der Waals surface area contributed by atoms with Gasteiger partial charge in [-0.1, -0.05) is 18.2 Å². The predicted octanol–water partition coefficient (Wildman–Crippen LogP) is 1.50. The summed E-state index contributed by atoms with van der Waals surface area (Å²) in [5, 5.41) is 11.2. The Bertz CT molecular complexity index is 670. The topological polar surface area (TPSA) is 70.6 Å². The van der Waals surface area contributed by atoms with Crippen molar-refractivity contribution >= 4 is 17.4 Å². The Hall–Kier alpha value is -2.67. The number of para-hydroxylation sites is 1. The van der Waals surface area contributed by atoms with Crippen LogP contribution in [0.5, 0.6) is 0 Å². The highest BCUT2D eigenvalue weighted by atomic mass is 16.5. The molecule has 0 atom stereocenters. The van der Waals surface area contributed by atoms with Gasteiger partial charge in [-0.05, 0) is 24.3 Å². The van der Waals surface area contributed by atoms with E-state index in [2.05, 4.69) is 32.5 Å². The highest BCUT2D eigenvalue weighted by Gasteiger charge is 2.23. The molecule has 3 rings (SSSR count). The monoisotopic (exact) mass is 341 g/mol. The number of hydrogen-bond acceptors (Lipinski definition) is 6. The van der Waals surface area contributed by atoms with Gasteiger partial charge in [0.2, 0.25) is 0 Å². The Labute approximate surface area is 147 Å². The van der Waals surface area contributed by atoms with Gasteiger partial charge in [0.1, 0.15) is 5.82 Å². The molecule has 7 nitrogen and oxygen atoms in total. The molecule has 132 valence electrons. The van der Waals surface area contributed by atoms with Gasteiger partial charge < -0.3 is 19.9 Å². The summed E-state index contributed by atoms with van der Waals surface area (Å²) in [4.78, 5) is 16.7. The van der Waals surface area contributed by atoms with Gasteiger partial charge in [-0.2, -0.15) is 0 Å². The molecule has 1 aromatic heterocycles. The van der Waals surface area contributed by atoms with Gasteiger partial charge in [0.15, 0.2) is 5.69 Å². The summed E-state index contributed by atoms with van der Waals surface area (Å²) in [6.07, 6.45) is 0. The van der Waals surface area contributed by atoms with Crippen LogP contribution in [0.3, 0.4) is 0 Å².